The third-order valence-corrected chi connectivity index (χ3v) is 4.15. The van der Waals surface area contributed by atoms with Crippen molar-refractivity contribution in [2.24, 2.45) is 5.92 Å². The number of rotatable bonds is 6. The number of hydrogen-bond acceptors (Lipinski definition) is 5. The predicted molar refractivity (Wildman–Crippen MR) is 91.3 cm³/mol. The molecule has 1 N–H and O–H groups in total. The van der Waals surface area contributed by atoms with Crippen molar-refractivity contribution in [2.45, 2.75) is 45.7 Å². The number of aromatic nitrogens is 2. The number of likely N-dealkylation sites (tertiary alicyclic amines) is 1. The Kier molecular flexibility index (Phi) is 5.25. The monoisotopic (exact) mass is 328 g/mol. The van der Waals surface area contributed by atoms with Crippen molar-refractivity contribution in [3.8, 4) is 0 Å². The molecule has 24 heavy (non-hydrogen) atoms. The van der Waals surface area contributed by atoms with E-state index in [0.717, 1.165) is 31.5 Å². The van der Waals surface area contributed by atoms with Crippen LogP contribution in [-0.4, -0.2) is 33.5 Å². The van der Waals surface area contributed by atoms with Crippen molar-refractivity contribution < 1.29 is 9.32 Å². The third kappa shape index (κ3) is 4.20. The molecule has 0 bridgehead atoms. The quantitative estimate of drug-likeness (QED) is 0.883. The van der Waals surface area contributed by atoms with Gasteiger partial charge >= 0.3 is 0 Å². The second-order valence-electron chi connectivity index (χ2n) is 6.69. The van der Waals surface area contributed by atoms with Gasteiger partial charge in [0.15, 0.2) is 5.82 Å². The zero-order chi connectivity index (χ0) is 16.9. The Balaban J connectivity index is 1.60. The predicted octanol–water partition coefficient (Wildman–Crippen LogP) is 2.87. The van der Waals surface area contributed by atoms with Gasteiger partial charge in [-0.05, 0) is 37.4 Å². The highest BCUT2D eigenvalue weighted by Crippen LogP contribution is 2.21. The van der Waals surface area contributed by atoms with Crippen molar-refractivity contribution in [3.05, 3.63) is 42.0 Å². The van der Waals surface area contributed by atoms with E-state index in [1.807, 2.05) is 30.3 Å². The normalized spacial score (nSPS) is 18.2. The molecule has 6 heteroatoms. The molecule has 1 aliphatic heterocycles. The minimum Gasteiger partial charge on any atom is -0.339 e. The van der Waals surface area contributed by atoms with Gasteiger partial charge in [-0.3, -0.25) is 9.69 Å². The zero-order valence-corrected chi connectivity index (χ0v) is 14.2. The topological polar surface area (TPSA) is 71.3 Å². The van der Waals surface area contributed by atoms with Crippen LogP contribution in [0.15, 0.2) is 34.9 Å². The summed E-state index contributed by atoms with van der Waals surface area (Å²) in [6, 6.07) is 9.41. The Morgan fingerprint density at radius 1 is 1.38 bits per heavy atom. The van der Waals surface area contributed by atoms with Gasteiger partial charge in [0.25, 0.3) is 0 Å². The first-order valence-corrected chi connectivity index (χ1v) is 8.53. The first-order valence-electron chi connectivity index (χ1n) is 8.53. The van der Waals surface area contributed by atoms with Gasteiger partial charge in [0.2, 0.25) is 11.8 Å². The molecule has 0 radical (unpaired) electrons. The maximum Gasteiger partial charge on any atom is 0.241 e. The van der Waals surface area contributed by atoms with Crippen molar-refractivity contribution in [3.63, 3.8) is 0 Å². The van der Waals surface area contributed by atoms with Gasteiger partial charge in [-0.1, -0.05) is 37.2 Å². The molecule has 128 valence electrons. The van der Waals surface area contributed by atoms with Crippen molar-refractivity contribution in [1.29, 1.82) is 0 Å². The number of carbonyl (C=O) groups excluding carboxylic acids is 1. The van der Waals surface area contributed by atoms with Gasteiger partial charge in [0, 0.05) is 12.1 Å². The molecule has 6 nitrogen and oxygen atoms in total. The Morgan fingerprint density at radius 2 is 2.17 bits per heavy atom. The second kappa shape index (κ2) is 7.57. The average Bonchev–Trinajstić information content (AvgIpc) is 3.18. The summed E-state index contributed by atoms with van der Waals surface area (Å²) in [5.41, 5.74) is 0.827. The Bertz CT molecular complexity index is 669. The van der Waals surface area contributed by atoms with Crippen LogP contribution in [0.5, 0.6) is 0 Å². The zero-order valence-electron chi connectivity index (χ0n) is 14.2. The summed E-state index contributed by atoms with van der Waals surface area (Å²) in [4.78, 5) is 19.1. The molecule has 1 aromatic carbocycles. The second-order valence-corrected chi connectivity index (χ2v) is 6.69. The molecule has 2 aromatic rings. The van der Waals surface area contributed by atoms with Crippen molar-refractivity contribution in [1.82, 2.24) is 15.0 Å². The van der Waals surface area contributed by atoms with Gasteiger partial charge in [0.05, 0.1) is 12.6 Å². The number of benzene rings is 1. The molecule has 1 aliphatic rings. The lowest BCUT2D eigenvalue weighted by molar-refractivity contribution is -0.120. The van der Waals surface area contributed by atoms with E-state index in [1.54, 1.807) is 0 Å². The lowest BCUT2D eigenvalue weighted by Crippen LogP contribution is -2.39. The summed E-state index contributed by atoms with van der Waals surface area (Å²) in [6.45, 7) is 5.66. The fourth-order valence-electron chi connectivity index (χ4n) is 3.03. The standard InChI is InChI=1S/C18H24N4O2/c1-13(2)11-17-20-16(21-24-17)12-22-10-6-9-15(22)18(23)19-14-7-4-3-5-8-14/h3-5,7-8,13,15H,6,9-12H2,1-2H3,(H,19,23). The Labute approximate surface area is 142 Å². The van der Waals surface area contributed by atoms with Crippen LogP contribution in [0, 0.1) is 5.92 Å². The third-order valence-electron chi connectivity index (χ3n) is 4.15. The van der Waals surface area contributed by atoms with Crippen LogP contribution < -0.4 is 5.32 Å². The van der Waals surface area contributed by atoms with Crippen molar-refractivity contribution >= 4 is 11.6 Å². The van der Waals surface area contributed by atoms with Crippen LogP contribution in [0.25, 0.3) is 0 Å². The van der Waals surface area contributed by atoms with E-state index >= 15 is 0 Å². The average molecular weight is 328 g/mol. The minimum absolute atomic E-state index is 0.0320. The number of nitrogens with zero attached hydrogens (tertiary/aromatic N) is 3. The number of para-hydroxylation sites is 1. The summed E-state index contributed by atoms with van der Waals surface area (Å²) in [5.74, 6) is 1.84. The Hall–Kier alpha value is -2.21. The van der Waals surface area contributed by atoms with Gasteiger partial charge in [-0.2, -0.15) is 4.98 Å². The smallest absolute Gasteiger partial charge is 0.241 e. The largest absolute Gasteiger partial charge is 0.339 e. The SMILES string of the molecule is CC(C)Cc1nc(CN2CCCC2C(=O)Nc2ccccc2)no1. The molecule has 2 heterocycles. The summed E-state index contributed by atoms with van der Waals surface area (Å²) < 4.78 is 5.29. The van der Waals surface area contributed by atoms with E-state index in [1.165, 1.54) is 0 Å². The highest BCUT2D eigenvalue weighted by atomic mass is 16.5. The summed E-state index contributed by atoms with van der Waals surface area (Å²) in [6.07, 6.45) is 2.64. The molecule has 1 fully saturated rings. The van der Waals surface area contributed by atoms with Gasteiger partial charge < -0.3 is 9.84 Å². The van der Waals surface area contributed by atoms with E-state index < -0.39 is 0 Å². The number of hydrogen-bond donors (Lipinski definition) is 1. The van der Waals surface area contributed by atoms with E-state index in [4.69, 9.17) is 4.52 Å². The number of nitrogens with one attached hydrogen (secondary N) is 1. The fraction of sp³-hybridized carbons (Fsp3) is 0.500. The molecule has 1 aromatic heterocycles. The molecule has 1 unspecified atom stereocenters. The lowest BCUT2D eigenvalue weighted by Gasteiger charge is -2.22. The Morgan fingerprint density at radius 3 is 2.92 bits per heavy atom. The van der Waals surface area contributed by atoms with Crippen molar-refractivity contribution in [2.75, 3.05) is 11.9 Å². The molecule has 0 saturated carbocycles. The highest BCUT2D eigenvalue weighted by Gasteiger charge is 2.31. The maximum atomic E-state index is 12.5. The molecule has 1 amide bonds. The van der Waals surface area contributed by atoms with E-state index in [9.17, 15) is 4.79 Å². The van der Waals surface area contributed by atoms with E-state index in [-0.39, 0.29) is 11.9 Å². The number of anilines is 1. The van der Waals surface area contributed by atoms with Crippen LogP contribution in [0.3, 0.4) is 0 Å². The molecule has 0 aliphatic carbocycles. The van der Waals surface area contributed by atoms with Crippen LogP contribution in [-0.2, 0) is 17.8 Å². The minimum atomic E-state index is -0.141. The first kappa shape index (κ1) is 16.6. The number of amides is 1. The summed E-state index contributed by atoms with van der Waals surface area (Å²) >= 11 is 0. The van der Waals surface area contributed by atoms with Gasteiger partial charge in [0.1, 0.15) is 0 Å². The molecule has 3 rings (SSSR count). The summed E-state index contributed by atoms with van der Waals surface area (Å²) in [7, 11) is 0. The van der Waals surface area contributed by atoms with Crippen LogP contribution in [0.4, 0.5) is 5.69 Å². The molecule has 1 saturated heterocycles. The molecule has 0 spiro atoms. The number of carbonyl (C=O) groups is 1. The van der Waals surface area contributed by atoms with Crippen LogP contribution in [0.1, 0.15) is 38.4 Å². The molecular weight excluding hydrogens is 304 g/mol. The van der Waals surface area contributed by atoms with Gasteiger partial charge in [-0.15, -0.1) is 0 Å². The summed E-state index contributed by atoms with van der Waals surface area (Å²) in [5, 5.41) is 7.04. The van der Waals surface area contributed by atoms with E-state index in [2.05, 4.69) is 34.2 Å². The fourth-order valence-corrected chi connectivity index (χ4v) is 3.03. The highest BCUT2D eigenvalue weighted by molar-refractivity contribution is 5.94. The lowest BCUT2D eigenvalue weighted by atomic mass is 10.1. The van der Waals surface area contributed by atoms with Gasteiger partial charge in [-0.25, -0.2) is 0 Å². The first-order chi connectivity index (χ1) is 11.6. The van der Waals surface area contributed by atoms with Crippen LogP contribution >= 0.6 is 0 Å². The molecular formula is C18H24N4O2. The van der Waals surface area contributed by atoms with Crippen LogP contribution in [0.2, 0.25) is 0 Å². The van der Waals surface area contributed by atoms with E-state index in [0.29, 0.717) is 24.2 Å². The maximum absolute atomic E-state index is 12.5. The molecule has 1 atom stereocenters.